The first-order chi connectivity index (χ1) is 20.4. The topological polar surface area (TPSA) is 206 Å². The van der Waals surface area contributed by atoms with Crippen molar-refractivity contribution in [3.05, 3.63) is 69.0 Å². The molecule has 1 aliphatic heterocycles. The number of carboxylic acids is 1. The lowest BCUT2D eigenvalue weighted by Crippen LogP contribution is -2.55. The fourth-order valence-corrected chi connectivity index (χ4v) is 5.04. The Morgan fingerprint density at radius 3 is 2.51 bits per heavy atom. The maximum Gasteiger partial charge on any atom is 0.305 e. The Kier molecular flexibility index (Phi) is 9.21. The Morgan fingerprint density at radius 1 is 1.16 bits per heavy atom. The number of H-pyrrole nitrogens is 1. The number of aromatic nitrogens is 1. The number of aldehydes is 1. The molecule has 4 rings (SSSR count). The summed E-state index contributed by atoms with van der Waals surface area (Å²) in [5.74, 6) is -4.88. The molecular formula is C28H26ClN5O9. The monoisotopic (exact) mass is 611 g/mol. The smallest absolute Gasteiger partial charge is 0.305 e. The minimum atomic E-state index is -1.51. The van der Waals surface area contributed by atoms with Crippen molar-refractivity contribution in [1.29, 1.82) is 0 Å². The molecule has 1 aliphatic rings. The number of carboxylic acid groups (broad SMARTS) is 1. The van der Waals surface area contributed by atoms with Crippen LogP contribution in [0.2, 0.25) is 5.02 Å². The number of rotatable bonds is 9. The van der Waals surface area contributed by atoms with Gasteiger partial charge in [-0.25, -0.2) is 0 Å². The highest BCUT2D eigenvalue weighted by Crippen LogP contribution is 2.33. The van der Waals surface area contributed by atoms with Crippen LogP contribution < -0.4 is 25.9 Å². The second kappa shape index (κ2) is 12.8. The van der Waals surface area contributed by atoms with Crippen LogP contribution in [0.5, 0.6) is 0 Å². The van der Waals surface area contributed by atoms with Crippen molar-refractivity contribution in [3.63, 3.8) is 0 Å². The number of aliphatic hydroxyl groups excluding tert-OH is 1. The third-order valence-electron chi connectivity index (χ3n) is 6.74. The molecule has 14 nitrogen and oxygen atoms in total. The number of carbonyl (C=O) groups excluding carboxylic acids is 5. The Labute approximate surface area is 248 Å². The number of halogens is 1. The fraction of sp³-hybridized carbons (Fsp3) is 0.250. The van der Waals surface area contributed by atoms with Crippen LogP contribution in [0, 0.1) is 6.92 Å². The zero-order chi connectivity index (χ0) is 31.4. The zero-order valence-corrected chi connectivity index (χ0v) is 23.4. The highest BCUT2D eigenvalue weighted by molar-refractivity contribution is 6.31. The number of hydrogen-bond acceptors (Lipinski definition) is 8. The molecule has 3 aromatic rings. The van der Waals surface area contributed by atoms with Crippen LogP contribution in [0.15, 0.2) is 47.4 Å². The molecule has 0 fully saturated rings. The molecule has 0 spiro atoms. The molecule has 0 radical (unpaired) electrons. The number of amides is 4. The number of aliphatic hydroxyl groups is 1. The molecule has 5 N–H and O–H groups in total. The maximum atomic E-state index is 13.9. The molecule has 2 heterocycles. The van der Waals surface area contributed by atoms with Gasteiger partial charge in [-0.3, -0.25) is 33.7 Å². The molecule has 2 aromatic carbocycles. The van der Waals surface area contributed by atoms with Crippen LogP contribution in [-0.4, -0.2) is 82.9 Å². The summed E-state index contributed by atoms with van der Waals surface area (Å²) < 4.78 is 0. The maximum absolute atomic E-state index is 13.9. The quantitative estimate of drug-likeness (QED) is 0.208. The molecule has 4 amide bonds. The molecule has 2 atom stereocenters. The van der Waals surface area contributed by atoms with E-state index in [0.29, 0.717) is 11.1 Å². The Morgan fingerprint density at radius 2 is 1.86 bits per heavy atom. The zero-order valence-electron chi connectivity index (χ0n) is 22.6. The SMILES string of the molecule is Cc1cc(Cl)cc2c(=O)c(C(=O)N[C@H]3CN(C(=O)CO)c4ccccc4N(CC(=O)N[C@H](C=O)CC(=O)O)C3=O)c[nH]c12. The third-order valence-corrected chi connectivity index (χ3v) is 6.95. The van der Waals surface area contributed by atoms with Gasteiger partial charge in [0.1, 0.15) is 31.0 Å². The van der Waals surface area contributed by atoms with E-state index in [2.05, 4.69) is 15.6 Å². The fourth-order valence-electron chi connectivity index (χ4n) is 4.77. The first kappa shape index (κ1) is 30.9. The van der Waals surface area contributed by atoms with Crippen molar-refractivity contribution in [2.24, 2.45) is 0 Å². The van der Waals surface area contributed by atoms with Gasteiger partial charge in [-0.05, 0) is 36.8 Å². The molecule has 0 bridgehead atoms. The van der Waals surface area contributed by atoms with E-state index in [4.69, 9.17) is 16.7 Å². The van der Waals surface area contributed by atoms with Crippen LogP contribution in [0.1, 0.15) is 22.3 Å². The highest BCUT2D eigenvalue weighted by Gasteiger charge is 2.38. The number of aryl methyl sites for hydroxylation is 1. The number of para-hydroxylation sites is 2. The van der Waals surface area contributed by atoms with Gasteiger partial charge in [-0.1, -0.05) is 23.7 Å². The van der Waals surface area contributed by atoms with Gasteiger partial charge in [0.15, 0.2) is 0 Å². The predicted octanol–water partition coefficient (Wildman–Crippen LogP) is 0.119. The number of carbonyl (C=O) groups is 6. The third kappa shape index (κ3) is 6.55. The average molecular weight is 612 g/mol. The minimum Gasteiger partial charge on any atom is -0.481 e. The number of hydrogen-bond donors (Lipinski definition) is 5. The number of fused-ring (bicyclic) bond motifs is 2. The molecule has 0 saturated carbocycles. The number of aliphatic carboxylic acids is 1. The molecular weight excluding hydrogens is 586 g/mol. The van der Waals surface area contributed by atoms with Crippen LogP contribution in [0.3, 0.4) is 0 Å². The van der Waals surface area contributed by atoms with E-state index < -0.39 is 73.2 Å². The molecule has 0 unspecified atom stereocenters. The number of anilines is 2. The first-order valence-corrected chi connectivity index (χ1v) is 13.2. The lowest BCUT2D eigenvalue weighted by molar-refractivity contribution is -0.139. The van der Waals surface area contributed by atoms with Crippen molar-refractivity contribution in [2.45, 2.75) is 25.4 Å². The van der Waals surface area contributed by atoms with Gasteiger partial charge in [0, 0.05) is 16.6 Å². The molecule has 1 aromatic heterocycles. The summed E-state index contributed by atoms with van der Waals surface area (Å²) in [6.07, 6.45) is 0.730. The lowest BCUT2D eigenvalue weighted by atomic mass is 10.1. The molecule has 15 heteroatoms. The normalized spacial score (nSPS) is 15.3. The van der Waals surface area contributed by atoms with Crippen LogP contribution >= 0.6 is 11.6 Å². The molecule has 43 heavy (non-hydrogen) atoms. The number of nitrogens with one attached hydrogen (secondary N) is 3. The second-order valence-electron chi connectivity index (χ2n) is 9.69. The van der Waals surface area contributed by atoms with Gasteiger partial charge >= 0.3 is 5.97 Å². The van der Waals surface area contributed by atoms with Gasteiger partial charge in [0.2, 0.25) is 11.3 Å². The Balaban J connectivity index is 1.71. The van der Waals surface area contributed by atoms with E-state index in [1.165, 1.54) is 30.5 Å². The highest BCUT2D eigenvalue weighted by atomic mass is 35.5. The van der Waals surface area contributed by atoms with Gasteiger partial charge < -0.3 is 35.5 Å². The van der Waals surface area contributed by atoms with Crippen molar-refractivity contribution >= 4 is 69.8 Å². The number of benzene rings is 2. The van der Waals surface area contributed by atoms with Crippen molar-refractivity contribution in [3.8, 4) is 0 Å². The summed E-state index contributed by atoms with van der Waals surface area (Å²) in [7, 11) is 0. The van der Waals surface area contributed by atoms with E-state index in [-0.39, 0.29) is 33.6 Å². The van der Waals surface area contributed by atoms with E-state index in [0.717, 1.165) is 9.80 Å². The standard InChI is InChI=1S/C28H26ClN5O9/c1-14-6-15(29)7-17-25(14)30-9-18(26(17)41)27(42)32-19-10-33(23(38)13-36)20-4-2-3-5-21(20)34(28(19)43)11-22(37)31-16(12-35)8-24(39)40/h2-7,9,12,16,19,36H,8,10-11,13H2,1H3,(H,30,41)(H,31,37)(H,32,42)(H,39,40)/t16-,19-/m0/s1. The minimum absolute atomic E-state index is 0.0655. The second-order valence-corrected chi connectivity index (χ2v) is 10.1. The van der Waals surface area contributed by atoms with Crippen molar-refractivity contribution in [2.75, 3.05) is 29.5 Å². The molecule has 224 valence electrons. The summed E-state index contributed by atoms with van der Waals surface area (Å²) in [6.45, 7) is -0.403. The number of nitrogens with zero attached hydrogens (tertiary/aromatic N) is 2. The van der Waals surface area contributed by atoms with E-state index >= 15 is 0 Å². The predicted molar refractivity (Wildman–Crippen MR) is 154 cm³/mol. The average Bonchev–Trinajstić information content (AvgIpc) is 3.07. The van der Waals surface area contributed by atoms with E-state index in [1.807, 2.05) is 0 Å². The van der Waals surface area contributed by atoms with E-state index in [1.54, 1.807) is 19.1 Å². The van der Waals surface area contributed by atoms with Crippen LogP contribution in [-0.2, 0) is 24.0 Å². The van der Waals surface area contributed by atoms with E-state index in [9.17, 15) is 38.7 Å². The summed E-state index contributed by atoms with van der Waals surface area (Å²) in [5.41, 5.74) is 0.298. The first-order valence-electron chi connectivity index (χ1n) is 12.9. The number of pyridine rings is 1. The molecule has 0 aliphatic carbocycles. The largest absolute Gasteiger partial charge is 0.481 e. The number of aromatic amines is 1. The summed E-state index contributed by atoms with van der Waals surface area (Å²) in [4.78, 5) is 93.3. The van der Waals surface area contributed by atoms with Gasteiger partial charge in [-0.2, -0.15) is 0 Å². The Hall–Kier alpha value is -5.08. The van der Waals surface area contributed by atoms with Crippen LogP contribution in [0.4, 0.5) is 11.4 Å². The van der Waals surface area contributed by atoms with Crippen molar-refractivity contribution < 1.29 is 39.0 Å². The summed E-state index contributed by atoms with van der Waals surface area (Å²) >= 11 is 6.10. The lowest BCUT2D eigenvalue weighted by Gasteiger charge is -2.25. The van der Waals surface area contributed by atoms with Gasteiger partial charge in [0.05, 0.1) is 35.9 Å². The van der Waals surface area contributed by atoms with Gasteiger partial charge in [0.25, 0.3) is 17.7 Å². The Bertz CT molecular complexity index is 1710. The summed E-state index contributed by atoms with van der Waals surface area (Å²) in [5, 5.41) is 23.7. The summed E-state index contributed by atoms with van der Waals surface area (Å²) in [6, 6.07) is 6.11. The van der Waals surface area contributed by atoms with Crippen LogP contribution in [0.25, 0.3) is 10.9 Å². The van der Waals surface area contributed by atoms with Crippen molar-refractivity contribution in [1.82, 2.24) is 15.6 Å². The van der Waals surface area contributed by atoms with Gasteiger partial charge in [-0.15, -0.1) is 0 Å². The molecule has 0 saturated heterocycles.